The Bertz CT molecular complexity index is 1460. The lowest BCUT2D eigenvalue weighted by molar-refractivity contribution is -0.131. The van der Waals surface area contributed by atoms with Gasteiger partial charge in [-0.3, -0.25) is 14.6 Å². The van der Waals surface area contributed by atoms with Crippen molar-refractivity contribution >= 4 is 23.2 Å². The Labute approximate surface area is 233 Å². The third kappa shape index (κ3) is 6.40. The Hall–Kier alpha value is -4.85. The van der Waals surface area contributed by atoms with Gasteiger partial charge >= 0.3 is 0 Å². The van der Waals surface area contributed by atoms with Crippen molar-refractivity contribution in [2.45, 2.75) is 12.8 Å². The summed E-state index contributed by atoms with van der Waals surface area (Å²) in [6.45, 7) is 2.76. The predicted octanol–water partition coefficient (Wildman–Crippen LogP) is 5.00. The summed E-state index contributed by atoms with van der Waals surface area (Å²) >= 11 is 0. The fraction of sp³-hybridized carbons (Fsp3) is 0.219. The smallest absolute Gasteiger partial charge is 0.255 e. The summed E-state index contributed by atoms with van der Waals surface area (Å²) in [5.74, 6) is 0.813. The van der Waals surface area contributed by atoms with E-state index in [4.69, 9.17) is 4.74 Å². The highest BCUT2D eigenvalue weighted by Gasteiger charge is 2.22. The standard InChI is InChI=1S/C32H32N4O4/c1-40-29-13-9-26(10-14-29)34-32(39)24-6-11-27(12-7-24)35-16-18-36(19-17-35)31(38)15-8-23-4-2-3-5-30(23)25-20-28(37)22-33-21-25/h2-7,9-14,20-22,37H,8,15-19H2,1H3,(H,34,39). The van der Waals surface area contributed by atoms with Gasteiger partial charge in [0.05, 0.1) is 13.3 Å². The van der Waals surface area contributed by atoms with Crippen LogP contribution in [0.2, 0.25) is 0 Å². The summed E-state index contributed by atoms with van der Waals surface area (Å²) in [5.41, 5.74) is 5.18. The van der Waals surface area contributed by atoms with Crippen LogP contribution in [0.1, 0.15) is 22.3 Å². The number of hydrogen-bond donors (Lipinski definition) is 2. The number of nitrogens with zero attached hydrogens (tertiary/aromatic N) is 3. The van der Waals surface area contributed by atoms with Gasteiger partial charge in [0.2, 0.25) is 5.91 Å². The van der Waals surface area contributed by atoms with Crippen LogP contribution >= 0.6 is 0 Å². The summed E-state index contributed by atoms with van der Waals surface area (Å²) in [7, 11) is 1.60. The number of aromatic hydroxyl groups is 1. The number of nitrogens with one attached hydrogen (secondary N) is 1. The van der Waals surface area contributed by atoms with Gasteiger partial charge in [-0.25, -0.2) is 0 Å². The summed E-state index contributed by atoms with van der Waals surface area (Å²) in [6, 6.07) is 24.4. The maximum atomic E-state index is 13.0. The van der Waals surface area contributed by atoms with E-state index in [2.05, 4.69) is 15.2 Å². The van der Waals surface area contributed by atoms with E-state index in [9.17, 15) is 14.7 Å². The van der Waals surface area contributed by atoms with E-state index in [0.717, 1.165) is 41.2 Å². The van der Waals surface area contributed by atoms with Crippen LogP contribution in [0.25, 0.3) is 11.1 Å². The number of amides is 2. The first kappa shape index (κ1) is 26.7. The third-order valence-electron chi connectivity index (χ3n) is 7.14. The van der Waals surface area contributed by atoms with Crippen LogP contribution in [-0.2, 0) is 11.2 Å². The molecule has 3 aromatic carbocycles. The number of pyridine rings is 1. The van der Waals surface area contributed by atoms with Crippen LogP contribution in [0, 0.1) is 0 Å². The third-order valence-corrected chi connectivity index (χ3v) is 7.14. The second-order valence-corrected chi connectivity index (χ2v) is 9.69. The SMILES string of the molecule is COc1ccc(NC(=O)c2ccc(N3CCN(C(=O)CCc4ccccc4-c4cncc(O)c4)CC3)cc2)cc1. The van der Waals surface area contributed by atoms with Gasteiger partial charge in [0.1, 0.15) is 11.5 Å². The molecule has 2 N–H and O–H groups in total. The molecule has 0 unspecified atom stereocenters. The minimum atomic E-state index is -0.172. The Morgan fingerprint density at radius 1 is 0.925 bits per heavy atom. The Balaban J connectivity index is 1.12. The molecular formula is C32H32N4O4. The number of aromatic nitrogens is 1. The number of carbonyl (C=O) groups is 2. The van der Waals surface area contributed by atoms with Crippen molar-refractivity contribution in [3.8, 4) is 22.6 Å². The van der Waals surface area contributed by atoms with Crippen LogP contribution in [-0.4, -0.2) is 60.1 Å². The van der Waals surface area contributed by atoms with E-state index in [-0.39, 0.29) is 17.6 Å². The monoisotopic (exact) mass is 536 g/mol. The molecule has 0 bridgehead atoms. The number of benzene rings is 3. The zero-order chi connectivity index (χ0) is 27.9. The van der Waals surface area contributed by atoms with E-state index in [1.807, 2.05) is 53.4 Å². The first-order chi connectivity index (χ1) is 19.5. The molecule has 1 saturated heterocycles. The molecule has 8 heteroatoms. The molecule has 2 heterocycles. The molecule has 204 valence electrons. The molecule has 0 spiro atoms. The zero-order valence-corrected chi connectivity index (χ0v) is 22.4. The number of rotatable bonds is 8. The fourth-order valence-corrected chi connectivity index (χ4v) is 4.91. The average Bonchev–Trinajstić information content (AvgIpc) is 3.00. The highest BCUT2D eigenvalue weighted by Crippen LogP contribution is 2.27. The Morgan fingerprint density at radius 3 is 2.35 bits per heavy atom. The summed E-state index contributed by atoms with van der Waals surface area (Å²) in [4.78, 5) is 33.9. The highest BCUT2D eigenvalue weighted by atomic mass is 16.5. The topological polar surface area (TPSA) is 95.0 Å². The van der Waals surface area contributed by atoms with E-state index in [1.165, 1.54) is 6.20 Å². The van der Waals surface area contributed by atoms with Crippen molar-refractivity contribution in [3.05, 3.63) is 102 Å². The number of methoxy groups -OCH3 is 1. The number of carbonyl (C=O) groups excluding carboxylic acids is 2. The van der Waals surface area contributed by atoms with Gasteiger partial charge in [0, 0.05) is 61.3 Å². The molecule has 0 saturated carbocycles. The van der Waals surface area contributed by atoms with Crippen molar-refractivity contribution < 1.29 is 19.4 Å². The summed E-state index contributed by atoms with van der Waals surface area (Å²) in [5, 5.41) is 12.7. The van der Waals surface area contributed by atoms with Crippen LogP contribution < -0.4 is 15.0 Å². The Kier molecular flexibility index (Phi) is 8.25. The number of aryl methyl sites for hydroxylation is 1. The highest BCUT2D eigenvalue weighted by molar-refractivity contribution is 6.04. The quantitative estimate of drug-likeness (QED) is 0.329. The van der Waals surface area contributed by atoms with E-state index in [1.54, 1.807) is 43.6 Å². The molecule has 0 radical (unpaired) electrons. The molecule has 5 rings (SSSR count). The Morgan fingerprint density at radius 2 is 1.65 bits per heavy atom. The van der Waals surface area contributed by atoms with Gasteiger partial charge in [-0.1, -0.05) is 24.3 Å². The van der Waals surface area contributed by atoms with Gasteiger partial charge in [-0.05, 0) is 72.1 Å². The number of anilines is 2. The number of hydrogen-bond acceptors (Lipinski definition) is 6. The molecular weight excluding hydrogens is 504 g/mol. The molecule has 4 aromatic rings. The first-order valence-corrected chi connectivity index (χ1v) is 13.3. The van der Waals surface area contributed by atoms with E-state index >= 15 is 0 Å². The van der Waals surface area contributed by atoms with Crippen LogP contribution in [0.3, 0.4) is 0 Å². The van der Waals surface area contributed by atoms with Crippen molar-refractivity contribution in [2.75, 3.05) is 43.5 Å². The largest absolute Gasteiger partial charge is 0.506 e. The van der Waals surface area contributed by atoms with Crippen molar-refractivity contribution in [1.29, 1.82) is 0 Å². The minimum absolute atomic E-state index is 0.118. The van der Waals surface area contributed by atoms with Crippen LogP contribution in [0.5, 0.6) is 11.5 Å². The lowest BCUT2D eigenvalue weighted by Gasteiger charge is -2.36. The van der Waals surface area contributed by atoms with E-state index < -0.39 is 0 Å². The molecule has 1 aromatic heterocycles. The molecule has 1 fully saturated rings. The summed E-state index contributed by atoms with van der Waals surface area (Å²) < 4.78 is 5.15. The van der Waals surface area contributed by atoms with Crippen LogP contribution in [0.15, 0.2) is 91.3 Å². The second kappa shape index (κ2) is 12.3. The molecule has 0 aliphatic carbocycles. The van der Waals surface area contributed by atoms with Crippen LogP contribution in [0.4, 0.5) is 11.4 Å². The number of ether oxygens (including phenoxy) is 1. The lowest BCUT2D eigenvalue weighted by Crippen LogP contribution is -2.48. The maximum Gasteiger partial charge on any atom is 0.255 e. The van der Waals surface area contributed by atoms with Gasteiger partial charge in [-0.15, -0.1) is 0 Å². The molecule has 40 heavy (non-hydrogen) atoms. The molecule has 1 aliphatic heterocycles. The van der Waals surface area contributed by atoms with Gasteiger partial charge in [0.15, 0.2) is 0 Å². The molecule has 8 nitrogen and oxygen atoms in total. The van der Waals surface area contributed by atoms with Crippen molar-refractivity contribution in [1.82, 2.24) is 9.88 Å². The maximum absolute atomic E-state index is 13.0. The average molecular weight is 537 g/mol. The van der Waals surface area contributed by atoms with Gasteiger partial charge < -0.3 is 25.0 Å². The molecule has 1 aliphatic rings. The zero-order valence-electron chi connectivity index (χ0n) is 22.4. The van der Waals surface area contributed by atoms with Crippen molar-refractivity contribution in [2.24, 2.45) is 0 Å². The predicted molar refractivity (Wildman–Crippen MR) is 156 cm³/mol. The van der Waals surface area contributed by atoms with E-state index in [0.29, 0.717) is 37.2 Å². The molecule has 0 atom stereocenters. The second-order valence-electron chi connectivity index (χ2n) is 9.69. The number of piperazine rings is 1. The minimum Gasteiger partial charge on any atom is -0.506 e. The first-order valence-electron chi connectivity index (χ1n) is 13.3. The van der Waals surface area contributed by atoms with Gasteiger partial charge in [0.25, 0.3) is 5.91 Å². The normalized spacial score (nSPS) is 13.1. The summed E-state index contributed by atoms with van der Waals surface area (Å²) in [6.07, 6.45) is 4.16. The van der Waals surface area contributed by atoms with Crippen molar-refractivity contribution in [3.63, 3.8) is 0 Å². The van der Waals surface area contributed by atoms with Gasteiger partial charge in [-0.2, -0.15) is 0 Å². The fourth-order valence-electron chi connectivity index (χ4n) is 4.91. The lowest BCUT2D eigenvalue weighted by atomic mass is 9.97. The molecule has 2 amide bonds.